The number of halogens is 1. The molecule has 1 heterocycles. The van der Waals surface area contributed by atoms with E-state index in [2.05, 4.69) is 22.5 Å². The third kappa shape index (κ3) is 4.84. The molecule has 2 N–H and O–H groups in total. The Morgan fingerprint density at radius 2 is 2.14 bits per heavy atom. The van der Waals surface area contributed by atoms with Crippen LogP contribution in [0.15, 0.2) is 29.3 Å². The first-order valence-electron chi connectivity index (χ1n) is 7.16. The highest BCUT2D eigenvalue weighted by Gasteiger charge is 2.31. The smallest absolute Gasteiger partial charge is 0.240 e. The summed E-state index contributed by atoms with van der Waals surface area (Å²) in [4.78, 5) is 28.0. The lowest BCUT2D eigenvalue weighted by molar-refractivity contribution is -0.122. The second kappa shape index (κ2) is 7.93. The number of unbranched alkanes of at least 4 members (excludes halogenated alkanes) is 1. The summed E-state index contributed by atoms with van der Waals surface area (Å²) in [7, 11) is 0. The number of benzene rings is 1. The van der Waals surface area contributed by atoms with E-state index in [-0.39, 0.29) is 24.1 Å². The molecule has 0 saturated carbocycles. The summed E-state index contributed by atoms with van der Waals surface area (Å²) in [5, 5.41) is 5.44. The molecule has 22 heavy (non-hydrogen) atoms. The molecule has 2 amide bonds. The van der Waals surface area contributed by atoms with Gasteiger partial charge in [-0.05, 0) is 30.7 Å². The maximum absolute atomic E-state index is 12.8. The van der Waals surface area contributed by atoms with E-state index in [1.165, 1.54) is 36.0 Å². The van der Waals surface area contributed by atoms with Gasteiger partial charge in [-0.3, -0.25) is 14.6 Å². The van der Waals surface area contributed by atoms with Crippen molar-refractivity contribution in [2.75, 3.05) is 11.9 Å². The van der Waals surface area contributed by atoms with Gasteiger partial charge in [0.05, 0.1) is 0 Å². The molecule has 1 aliphatic rings. The van der Waals surface area contributed by atoms with Gasteiger partial charge in [0.1, 0.15) is 11.1 Å². The Labute approximate surface area is 132 Å². The zero-order chi connectivity index (χ0) is 15.9. The van der Waals surface area contributed by atoms with E-state index in [9.17, 15) is 14.0 Å². The first-order chi connectivity index (χ1) is 10.6. The molecule has 1 atom stereocenters. The number of hydrogen-bond donors (Lipinski definition) is 2. The average Bonchev–Trinajstić information content (AvgIpc) is 2.82. The Morgan fingerprint density at radius 1 is 1.41 bits per heavy atom. The highest BCUT2D eigenvalue weighted by atomic mass is 32.2. The van der Waals surface area contributed by atoms with E-state index in [0.29, 0.717) is 17.4 Å². The van der Waals surface area contributed by atoms with Crippen LogP contribution in [-0.2, 0) is 9.59 Å². The van der Waals surface area contributed by atoms with Gasteiger partial charge in [0.2, 0.25) is 11.8 Å². The molecule has 7 heteroatoms. The summed E-state index contributed by atoms with van der Waals surface area (Å²) in [6.07, 6.45) is 2.06. The van der Waals surface area contributed by atoms with Crippen LogP contribution < -0.4 is 10.6 Å². The van der Waals surface area contributed by atoms with Crippen LogP contribution in [0.1, 0.15) is 26.2 Å². The van der Waals surface area contributed by atoms with E-state index in [1.807, 2.05) is 0 Å². The van der Waals surface area contributed by atoms with Gasteiger partial charge in [0.15, 0.2) is 5.17 Å². The Hall–Kier alpha value is -1.89. The number of anilines is 1. The number of amidine groups is 1. The summed E-state index contributed by atoms with van der Waals surface area (Å²) in [6.45, 7) is 2.75. The minimum atomic E-state index is -0.471. The Morgan fingerprint density at radius 3 is 2.82 bits per heavy atom. The molecule has 1 aliphatic heterocycles. The van der Waals surface area contributed by atoms with E-state index in [0.717, 1.165) is 12.8 Å². The maximum atomic E-state index is 12.8. The Kier molecular flexibility index (Phi) is 5.94. The van der Waals surface area contributed by atoms with Crippen molar-refractivity contribution in [2.24, 2.45) is 4.99 Å². The van der Waals surface area contributed by atoms with Gasteiger partial charge in [0, 0.05) is 18.7 Å². The van der Waals surface area contributed by atoms with Crippen LogP contribution in [0.4, 0.5) is 10.1 Å². The lowest BCUT2D eigenvalue weighted by Gasteiger charge is -2.07. The van der Waals surface area contributed by atoms with E-state index < -0.39 is 5.25 Å². The molecule has 1 aromatic carbocycles. The fourth-order valence-corrected chi connectivity index (χ4v) is 2.86. The molecule has 0 aromatic heterocycles. The molecule has 0 aliphatic carbocycles. The van der Waals surface area contributed by atoms with Crippen LogP contribution in [0, 0.1) is 5.82 Å². The highest BCUT2D eigenvalue weighted by Crippen LogP contribution is 2.23. The summed E-state index contributed by atoms with van der Waals surface area (Å²) >= 11 is 1.28. The second-order valence-corrected chi connectivity index (χ2v) is 6.09. The quantitative estimate of drug-likeness (QED) is 0.790. The predicted molar refractivity (Wildman–Crippen MR) is 86.4 cm³/mol. The monoisotopic (exact) mass is 323 g/mol. The van der Waals surface area contributed by atoms with Gasteiger partial charge in [0.25, 0.3) is 0 Å². The number of nitrogens with one attached hydrogen (secondary N) is 2. The van der Waals surface area contributed by atoms with Gasteiger partial charge < -0.3 is 10.6 Å². The Balaban J connectivity index is 1.85. The largest absolute Gasteiger partial charge is 0.326 e. The normalized spacial score (nSPS) is 19.3. The van der Waals surface area contributed by atoms with E-state index in [1.54, 1.807) is 0 Å². The van der Waals surface area contributed by atoms with Crippen molar-refractivity contribution in [1.29, 1.82) is 0 Å². The minimum Gasteiger partial charge on any atom is -0.326 e. The molecule has 0 bridgehead atoms. The first-order valence-corrected chi connectivity index (χ1v) is 8.04. The van der Waals surface area contributed by atoms with Crippen LogP contribution in [0.2, 0.25) is 0 Å². The number of carbonyl (C=O) groups is 2. The second-order valence-electron chi connectivity index (χ2n) is 4.90. The molecular formula is C15H18FN3O2S. The summed E-state index contributed by atoms with van der Waals surface area (Å²) in [5.41, 5.74) is 0.506. The van der Waals surface area contributed by atoms with Gasteiger partial charge in [-0.15, -0.1) is 0 Å². The third-order valence-electron chi connectivity index (χ3n) is 3.04. The standard InChI is InChI=1S/C15H18FN3O2S/c1-2-3-8-17-15-19-14(21)12(22-15)9-13(20)18-11-6-4-10(16)5-7-11/h4-7,12H,2-3,8-9H2,1H3,(H,18,20)(H,17,19,21)/t12-/m1/s1. The van der Waals surface area contributed by atoms with E-state index in [4.69, 9.17) is 0 Å². The third-order valence-corrected chi connectivity index (χ3v) is 4.16. The lowest BCUT2D eigenvalue weighted by atomic mass is 10.2. The SMILES string of the molecule is CCCCN=C1NC(=O)[C@@H](CC(=O)Nc2ccc(F)cc2)S1. The van der Waals surface area contributed by atoms with Gasteiger partial charge in [-0.25, -0.2) is 4.39 Å². The fourth-order valence-electron chi connectivity index (χ4n) is 1.87. The van der Waals surface area contributed by atoms with Gasteiger partial charge in [-0.1, -0.05) is 25.1 Å². The van der Waals surface area contributed by atoms with Crippen molar-refractivity contribution in [3.63, 3.8) is 0 Å². The Bertz CT molecular complexity index is 575. The van der Waals surface area contributed by atoms with Gasteiger partial charge >= 0.3 is 0 Å². The van der Waals surface area contributed by atoms with Crippen molar-refractivity contribution < 1.29 is 14.0 Å². The topological polar surface area (TPSA) is 70.6 Å². The minimum absolute atomic E-state index is 0.0562. The predicted octanol–water partition coefficient (Wildman–Crippen LogP) is 2.54. The maximum Gasteiger partial charge on any atom is 0.240 e. The summed E-state index contributed by atoms with van der Waals surface area (Å²) < 4.78 is 12.8. The molecule has 1 aromatic rings. The van der Waals surface area contributed by atoms with Crippen molar-refractivity contribution in [3.05, 3.63) is 30.1 Å². The summed E-state index contributed by atoms with van der Waals surface area (Å²) in [5.74, 6) is -0.847. The van der Waals surface area contributed by atoms with Crippen molar-refractivity contribution in [2.45, 2.75) is 31.4 Å². The van der Waals surface area contributed by atoms with E-state index >= 15 is 0 Å². The number of hydrogen-bond acceptors (Lipinski definition) is 4. The number of rotatable bonds is 6. The zero-order valence-corrected chi connectivity index (χ0v) is 13.1. The zero-order valence-electron chi connectivity index (χ0n) is 12.3. The molecule has 0 unspecified atom stereocenters. The molecule has 1 fully saturated rings. The number of nitrogens with zero attached hydrogens (tertiary/aromatic N) is 1. The fraction of sp³-hybridized carbons (Fsp3) is 0.400. The van der Waals surface area contributed by atoms with Gasteiger partial charge in [-0.2, -0.15) is 0 Å². The van der Waals surface area contributed by atoms with Crippen LogP contribution >= 0.6 is 11.8 Å². The molecule has 5 nitrogen and oxygen atoms in total. The number of aliphatic imine (C=N–C) groups is 1. The van der Waals surface area contributed by atoms with Crippen molar-refractivity contribution in [3.8, 4) is 0 Å². The highest BCUT2D eigenvalue weighted by molar-refractivity contribution is 8.15. The molecule has 1 saturated heterocycles. The molecule has 2 rings (SSSR count). The number of thioether (sulfide) groups is 1. The van der Waals surface area contributed by atoms with Crippen molar-refractivity contribution in [1.82, 2.24) is 5.32 Å². The lowest BCUT2D eigenvalue weighted by Crippen LogP contribution is -2.28. The molecule has 0 radical (unpaired) electrons. The van der Waals surface area contributed by atoms with Crippen LogP contribution in [-0.4, -0.2) is 28.8 Å². The number of amides is 2. The number of carbonyl (C=O) groups excluding carboxylic acids is 2. The van der Waals surface area contributed by atoms with Crippen LogP contribution in [0.3, 0.4) is 0 Å². The van der Waals surface area contributed by atoms with Crippen molar-refractivity contribution >= 4 is 34.4 Å². The van der Waals surface area contributed by atoms with Crippen LogP contribution in [0.25, 0.3) is 0 Å². The van der Waals surface area contributed by atoms with Crippen LogP contribution in [0.5, 0.6) is 0 Å². The molecular weight excluding hydrogens is 305 g/mol. The molecule has 0 spiro atoms. The summed E-state index contributed by atoms with van der Waals surface area (Å²) in [6, 6.07) is 5.50. The molecule has 118 valence electrons. The average molecular weight is 323 g/mol. The first kappa shape index (κ1) is 16.5.